The molecule has 1 N–H and O–H groups in total. The highest BCUT2D eigenvalue weighted by Crippen LogP contribution is 2.38. The summed E-state index contributed by atoms with van der Waals surface area (Å²) in [6.45, 7) is 3.11. The van der Waals surface area contributed by atoms with Crippen LogP contribution in [-0.4, -0.2) is 31.8 Å². The first-order valence-electron chi connectivity index (χ1n) is 6.85. The molecule has 1 aliphatic heterocycles. The monoisotopic (exact) mass is 281 g/mol. The third-order valence-corrected chi connectivity index (χ3v) is 4.12. The van der Waals surface area contributed by atoms with Crippen LogP contribution < -0.4 is 14.8 Å². The number of benzene rings is 1. The van der Waals surface area contributed by atoms with Crippen LogP contribution >= 0.6 is 11.8 Å². The summed E-state index contributed by atoms with van der Waals surface area (Å²) in [6, 6.07) is 6.46. The molecule has 0 aromatic heterocycles. The van der Waals surface area contributed by atoms with Gasteiger partial charge in [-0.1, -0.05) is 6.92 Å². The van der Waals surface area contributed by atoms with E-state index in [-0.39, 0.29) is 0 Å². The zero-order chi connectivity index (χ0) is 13.7. The normalized spacial score (nSPS) is 21.6. The van der Waals surface area contributed by atoms with Crippen LogP contribution in [0.2, 0.25) is 0 Å². The maximum Gasteiger partial charge on any atom is 0.124 e. The molecule has 2 unspecified atom stereocenters. The Balaban J connectivity index is 2.19. The van der Waals surface area contributed by atoms with Gasteiger partial charge in [0, 0.05) is 18.0 Å². The second-order valence-electron chi connectivity index (χ2n) is 4.77. The van der Waals surface area contributed by atoms with Gasteiger partial charge in [0.2, 0.25) is 0 Å². The van der Waals surface area contributed by atoms with Gasteiger partial charge in [-0.05, 0) is 43.2 Å². The Bertz CT molecular complexity index is 411. The van der Waals surface area contributed by atoms with Gasteiger partial charge in [-0.2, -0.15) is 11.8 Å². The van der Waals surface area contributed by atoms with Gasteiger partial charge in [0.15, 0.2) is 0 Å². The van der Waals surface area contributed by atoms with Crippen molar-refractivity contribution in [1.82, 2.24) is 5.32 Å². The summed E-state index contributed by atoms with van der Waals surface area (Å²) in [5, 5.41) is 3.56. The Labute approximate surface area is 120 Å². The highest BCUT2D eigenvalue weighted by molar-refractivity contribution is 7.98. The van der Waals surface area contributed by atoms with Gasteiger partial charge in [-0.3, -0.25) is 0 Å². The second-order valence-corrected chi connectivity index (χ2v) is 5.76. The highest BCUT2D eigenvalue weighted by Gasteiger charge is 2.27. The van der Waals surface area contributed by atoms with Crippen molar-refractivity contribution in [2.24, 2.45) is 0 Å². The summed E-state index contributed by atoms with van der Waals surface area (Å²) in [4.78, 5) is 0. The van der Waals surface area contributed by atoms with Gasteiger partial charge in [-0.25, -0.2) is 0 Å². The molecule has 0 bridgehead atoms. The molecule has 0 spiro atoms. The quantitative estimate of drug-likeness (QED) is 0.867. The van der Waals surface area contributed by atoms with Crippen molar-refractivity contribution >= 4 is 11.8 Å². The highest BCUT2D eigenvalue weighted by atomic mass is 32.2. The van der Waals surface area contributed by atoms with Crippen molar-refractivity contribution in [3.63, 3.8) is 0 Å². The Morgan fingerprint density at radius 3 is 3.00 bits per heavy atom. The molecule has 1 aromatic carbocycles. The Morgan fingerprint density at radius 1 is 1.47 bits per heavy atom. The van der Waals surface area contributed by atoms with Crippen LogP contribution in [0.3, 0.4) is 0 Å². The lowest BCUT2D eigenvalue weighted by molar-refractivity contribution is 0.147. The lowest BCUT2D eigenvalue weighted by Gasteiger charge is -2.33. The van der Waals surface area contributed by atoms with Crippen LogP contribution in [0.4, 0.5) is 0 Å². The molecule has 1 aliphatic rings. The minimum Gasteiger partial charge on any atom is -0.497 e. The van der Waals surface area contributed by atoms with E-state index < -0.39 is 0 Å². The van der Waals surface area contributed by atoms with Crippen LogP contribution in [0.15, 0.2) is 18.2 Å². The Kier molecular flexibility index (Phi) is 5.40. The molecular weight excluding hydrogens is 258 g/mol. The fourth-order valence-electron chi connectivity index (χ4n) is 2.52. The molecule has 0 saturated carbocycles. The fourth-order valence-corrected chi connectivity index (χ4v) is 3.02. The molecule has 0 saturated heterocycles. The van der Waals surface area contributed by atoms with E-state index in [4.69, 9.17) is 9.47 Å². The zero-order valence-corrected chi connectivity index (χ0v) is 12.8. The molecule has 1 heterocycles. The number of ether oxygens (including phenoxy) is 2. The first kappa shape index (κ1) is 14.5. The average Bonchev–Trinajstić information content (AvgIpc) is 2.45. The van der Waals surface area contributed by atoms with Crippen LogP contribution in [0.5, 0.6) is 11.5 Å². The zero-order valence-electron chi connectivity index (χ0n) is 11.9. The number of nitrogens with one attached hydrogen (secondary N) is 1. The van der Waals surface area contributed by atoms with Gasteiger partial charge in [-0.15, -0.1) is 0 Å². The fraction of sp³-hybridized carbons (Fsp3) is 0.600. The van der Waals surface area contributed by atoms with E-state index in [9.17, 15) is 0 Å². The molecule has 0 amide bonds. The first-order valence-corrected chi connectivity index (χ1v) is 8.24. The number of methoxy groups -OCH3 is 1. The molecule has 1 aromatic rings. The van der Waals surface area contributed by atoms with Gasteiger partial charge in [0.05, 0.1) is 7.11 Å². The predicted molar refractivity (Wildman–Crippen MR) is 81.4 cm³/mol. The Hall–Kier alpha value is -0.870. The van der Waals surface area contributed by atoms with E-state index in [2.05, 4.69) is 24.6 Å². The lowest BCUT2D eigenvalue weighted by Crippen LogP contribution is -2.33. The molecule has 2 rings (SSSR count). The van der Waals surface area contributed by atoms with E-state index in [0.717, 1.165) is 36.6 Å². The smallest absolute Gasteiger partial charge is 0.124 e. The number of rotatable bonds is 6. The van der Waals surface area contributed by atoms with Crippen molar-refractivity contribution in [2.45, 2.75) is 31.9 Å². The predicted octanol–water partition coefficient (Wildman–Crippen LogP) is 3.25. The maximum absolute atomic E-state index is 6.10. The van der Waals surface area contributed by atoms with Crippen LogP contribution in [0.1, 0.15) is 31.4 Å². The SMILES string of the molecule is CCNC1CC(CCSC)Oc2ccc(OC)cc21. The summed E-state index contributed by atoms with van der Waals surface area (Å²) >= 11 is 1.88. The Morgan fingerprint density at radius 2 is 2.32 bits per heavy atom. The molecule has 106 valence electrons. The second kappa shape index (κ2) is 7.06. The van der Waals surface area contributed by atoms with Crippen molar-refractivity contribution in [3.8, 4) is 11.5 Å². The van der Waals surface area contributed by atoms with Crippen molar-refractivity contribution < 1.29 is 9.47 Å². The summed E-state index contributed by atoms with van der Waals surface area (Å²) in [7, 11) is 1.70. The summed E-state index contributed by atoms with van der Waals surface area (Å²) in [6.07, 6.45) is 4.60. The van der Waals surface area contributed by atoms with E-state index in [1.54, 1.807) is 7.11 Å². The molecule has 3 nitrogen and oxygen atoms in total. The maximum atomic E-state index is 6.10. The number of hydrogen-bond donors (Lipinski definition) is 1. The van der Waals surface area contributed by atoms with Gasteiger partial charge >= 0.3 is 0 Å². The molecule has 19 heavy (non-hydrogen) atoms. The van der Waals surface area contributed by atoms with Gasteiger partial charge < -0.3 is 14.8 Å². The van der Waals surface area contributed by atoms with Crippen LogP contribution in [-0.2, 0) is 0 Å². The van der Waals surface area contributed by atoms with E-state index in [1.807, 2.05) is 23.9 Å². The summed E-state index contributed by atoms with van der Waals surface area (Å²) in [5.41, 5.74) is 1.22. The topological polar surface area (TPSA) is 30.5 Å². The minimum absolute atomic E-state index is 0.317. The van der Waals surface area contributed by atoms with Crippen molar-refractivity contribution in [2.75, 3.05) is 25.7 Å². The minimum atomic E-state index is 0.317. The van der Waals surface area contributed by atoms with Gasteiger partial charge in [0.1, 0.15) is 17.6 Å². The molecule has 4 heteroatoms. The van der Waals surface area contributed by atoms with Crippen LogP contribution in [0.25, 0.3) is 0 Å². The van der Waals surface area contributed by atoms with E-state index >= 15 is 0 Å². The standard InChI is InChI=1S/C15H23NO2S/c1-4-16-14-10-12(7-8-19-3)18-15-6-5-11(17-2)9-13(14)15/h5-6,9,12,14,16H,4,7-8,10H2,1-3H3. The van der Waals surface area contributed by atoms with E-state index in [1.165, 1.54) is 5.56 Å². The third-order valence-electron chi connectivity index (χ3n) is 3.48. The lowest BCUT2D eigenvalue weighted by atomic mass is 9.95. The van der Waals surface area contributed by atoms with Crippen molar-refractivity contribution in [1.29, 1.82) is 0 Å². The van der Waals surface area contributed by atoms with E-state index in [0.29, 0.717) is 12.1 Å². The molecule has 0 fully saturated rings. The third kappa shape index (κ3) is 3.57. The molecule has 2 atom stereocenters. The summed E-state index contributed by atoms with van der Waals surface area (Å²) < 4.78 is 11.4. The average molecular weight is 281 g/mol. The largest absolute Gasteiger partial charge is 0.497 e. The van der Waals surface area contributed by atoms with Gasteiger partial charge in [0.25, 0.3) is 0 Å². The molecule has 0 radical (unpaired) electrons. The molecule has 0 aliphatic carbocycles. The number of hydrogen-bond acceptors (Lipinski definition) is 4. The first-order chi connectivity index (χ1) is 9.28. The number of thioether (sulfide) groups is 1. The van der Waals surface area contributed by atoms with Crippen LogP contribution in [0, 0.1) is 0 Å². The number of fused-ring (bicyclic) bond motifs is 1. The summed E-state index contributed by atoms with van der Waals surface area (Å²) in [5.74, 6) is 3.05. The molecular formula is C15H23NO2S. The van der Waals surface area contributed by atoms with Crippen molar-refractivity contribution in [3.05, 3.63) is 23.8 Å².